The van der Waals surface area contributed by atoms with Gasteiger partial charge in [-0.2, -0.15) is 0 Å². The first-order chi connectivity index (χ1) is 10.7. The topological polar surface area (TPSA) is 131 Å². The summed E-state index contributed by atoms with van der Waals surface area (Å²) >= 11 is 6.10. The number of nitrogens with zero attached hydrogens (tertiary/aromatic N) is 3. The van der Waals surface area contributed by atoms with Crippen molar-refractivity contribution in [2.24, 2.45) is 5.92 Å². The molecule has 23 heavy (non-hydrogen) atoms. The highest BCUT2D eigenvalue weighted by Gasteiger charge is 2.30. The van der Waals surface area contributed by atoms with Crippen LogP contribution in [0.2, 0.25) is 5.02 Å². The molecule has 0 aliphatic carbocycles. The van der Waals surface area contributed by atoms with Crippen LogP contribution in [0.15, 0.2) is 6.20 Å². The maximum atomic E-state index is 11.3. The standard InChI is InChI=1S/C12H18ClN5O4S/c1-23(21,22)16-5-8-3-2-4-17(7-8)10-9(13)6-15-12(14)11(10)18(19)20/h6,8,16H,2-5,7H2,1H3,(H2,14,15)/t8-/m1/s1. The second-order valence-corrected chi connectivity index (χ2v) is 7.76. The molecular formula is C12H18ClN5O4S. The third kappa shape index (κ3) is 4.43. The van der Waals surface area contributed by atoms with Crippen LogP contribution >= 0.6 is 11.6 Å². The quantitative estimate of drug-likeness (QED) is 0.588. The molecule has 2 heterocycles. The summed E-state index contributed by atoms with van der Waals surface area (Å²) in [5, 5.41) is 11.4. The van der Waals surface area contributed by atoms with Crippen molar-refractivity contribution in [3.63, 3.8) is 0 Å². The largest absolute Gasteiger partial charge is 0.378 e. The third-order valence-corrected chi connectivity index (χ3v) is 4.63. The molecule has 3 N–H and O–H groups in total. The van der Waals surface area contributed by atoms with Gasteiger partial charge in [0.15, 0.2) is 0 Å². The predicted molar refractivity (Wildman–Crippen MR) is 88.1 cm³/mol. The molecule has 0 bridgehead atoms. The fourth-order valence-electron chi connectivity index (χ4n) is 2.67. The molecule has 1 aliphatic rings. The summed E-state index contributed by atoms with van der Waals surface area (Å²) in [6.07, 6.45) is 3.98. The molecule has 1 atom stereocenters. The Morgan fingerprint density at radius 3 is 2.91 bits per heavy atom. The van der Waals surface area contributed by atoms with E-state index < -0.39 is 14.9 Å². The lowest BCUT2D eigenvalue weighted by atomic mass is 9.97. The van der Waals surface area contributed by atoms with E-state index in [1.54, 1.807) is 4.90 Å². The monoisotopic (exact) mass is 363 g/mol. The zero-order valence-corrected chi connectivity index (χ0v) is 14.1. The summed E-state index contributed by atoms with van der Waals surface area (Å²) in [7, 11) is -3.27. The molecular weight excluding hydrogens is 346 g/mol. The van der Waals surface area contributed by atoms with Gasteiger partial charge in [-0.15, -0.1) is 0 Å². The van der Waals surface area contributed by atoms with Crippen LogP contribution in [0, 0.1) is 16.0 Å². The van der Waals surface area contributed by atoms with Gasteiger partial charge in [-0.3, -0.25) is 10.1 Å². The molecule has 9 nitrogen and oxygen atoms in total. The van der Waals surface area contributed by atoms with E-state index in [1.165, 1.54) is 6.20 Å². The van der Waals surface area contributed by atoms with Gasteiger partial charge in [0.1, 0.15) is 5.69 Å². The average molecular weight is 364 g/mol. The van der Waals surface area contributed by atoms with E-state index in [-0.39, 0.29) is 34.7 Å². The highest BCUT2D eigenvalue weighted by atomic mass is 35.5. The number of pyridine rings is 1. The Hall–Kier alpha value is -1.65. The lowest BCUT2D eigenvalue weighted by Gasteiger charge is -2.34. The van der Waals surface area contributed by atoms with Crippen molar-refractivity contribution < 1.29 is 13.3 Å². The van der Waals surface area contributed by atoms with E-state index >= 15 is 0 Å². The van der Waals surface area contributed by atoms with E-state index in [0.717, 1.165) is 19.1 Å². The fourth-order valence-corrected chi connectivity index (χ4v) is 3.46. The number of hydrogen-bond donors (Lipinski definition) is 2. The molecule has 1 aliphatic heterocycles. The van der Waals surface area contributed by atoms with Crippen molar-refractivity contribution in [2.45, 2.75) is 12.8 Å². The van der Waals surface area contributed by atoms with Crippen molar-refractivity contribution in [2.75, 3.05) is 36.5 Å². The lowest BCUT2D eigenvalue weighted by molar-refractivity contribution is -0.383. The van der Waals surface area contributed by atoms with Crippen LogP contribution in [0.5, 0.6) is 0 Å². The molecule has 0 aromatic carbocycles. The Morgan fingerprint density at radius 2 is 2.30 bits per heavy atom. The number of nitrogen functional groups attached to an aromatic ring is 1. The maximum Gasteiger partial charge on any atom is 0.335 e. The van der Waals surface area contributed by atoms with Crippen LogP contribution in [0.25, 0.3) is 0 Å². The van der Waals surface area contributed by atoms with E-state index in [2.05, 4.69) is 9.71 Å². The molecule has 0 spiro atoms. The van der Waals surface area contributed by atoms with Gasteiger partial charge >= 0.3 is 5.69 Å². The van der Waals surface area contributed by atoms with Crippen molar-refractivity contribution >= 4 is 38.8 Å². The predicted octanol–water partition coefficient (Wildman–Crippen LogP) is 0.991. The number of rotatable bonds is 5. The molecule has 0 saturated carbocycles. The van der Waals surface area contributed by atoms with Gasteiger partial charge in [0.25, 0.3) is 0 Å². The van der Waals surface area contributed by atoms with Gasteiger partial charge < -0.3 is 10.6 Å². The first-order valence-electron chi connectivity index (χ1n) is 6.97. The molecule has 1 fully saturated rings. The minimum Gasteiger partial charge on any atom is -0.378 e. The maximum absolute atomic E-state index is 11.3. The van der Waals surface area contributed by atoms with Gasteiger partial charge in [-0.05, 0) is 18.8 Å². The second-order valence-electron chi connectivity index (χ2n) is 5.52. The van der Waals surface area contributed by atoms with Crippen molar-refractivity contribution in [1.82, 2.24) is 9.71 Å². The Kier molecular flexibility index (Phi) is 5.27. The van der Waals surface area contributed by atoms with Crippen LogP contribution < -0.4 is 15.4 Å². The molecule has 1 aromatic heterocycles. The summed E-state index contributed by atoms with van der Waals surface area (Å²) in [4.78, 5) is 16.2. The first kappa shape index (κ1) is 17.7. The second kappa shape index (κ2) is 6.85. The van der Waals surface area contributed by atoms with E-state index in [9.17, 15) is 18.5 Å². The van der Waals surface area contributed by atoms with Crippen LogP contribution in [-0.4, -0.2) is 44.2 Å². The molecule has 2 rings (SSSR count). The summed E-state index contributed by atoms with van der Waals surface area (Å²) in [5.74, 6) is -0.158. The van der Waals surface area contributed by atoms with Gasteiger partial charge in [0.2, 0.25) is 15.8 Å². The normalized spacial score (nSPS) is 18.9. The molecule has 1 aromatic rings. The molecule has 0 radical (unpaired) electrons. The smallest absolute Gasteiger partial charge is 0.335 e. The first-order valence-corrected chi connectivity index (χ1v) is 9.24. The number of nitrogens with one attached hydrogen (secondary N) is 1. The summed E-state index contributed by atoms with van der Waals surface area (Å²) in [6.45, 7) is 1.31. The number of halogens is 1. The number of hydrogen-bond acceptors (Lipinski definition) is 7. The number of nitro groups is 1. The summed E-state index contributed by atoms with van der Waals surface area (Å²) in [6, 6.07) is 0. The molecule has 0 amide bonds. The Morgan fingerprint density at radius 1 is 1.61 bits per heavy atom. The van der Waals surface area contributed by atoms with Crippen LogP contribution in [0.1, 0.15) is 12.8 Å². The minimum atomic E-state index is -3.27. The van der Waals surface area contributed by atoms with Crippen LogP contribution in [0.3, 0.4) is 0 Å². The number of sulfonamides is 1. The zero-order valence-electron chi connectivity index (χ0n) is 12.5. The van der Waals surface area contributed by atoms with Gasteiger partial charge in [-0.25, -0.2) is 18.1 Å². The van der Waals surface area contributed by atoms with E-state index in [1.807, 2.05) is 0 Å². The third-order valence-electron chi connectivity index (χ3n) is 3.66. The minimum absolute atomic E-state index is 0.0311. The molecule has 128 valence electrons. The van der Waals surface area contributed by atoms with Crippen LogP contribution in [0.4, 0.5) is 17.2 Å². The fraction of sp³-hybridized carbons (Fsp3) is 0.583. The van der Waals surface area contributed by atoms with Gasteiger partial charge in [0.05, 0.1) is 22.4 Å². The SMILES string of the molecule is CS(=O)(=O)NC[C@H]1CCCN(c2c(Cl)cnc(N)c2[N+](=O)[O-])C1. The molecule has 11 heteroatoms. The average Bonchev–Trinajstić information content (AvgIpc) is 2.46. The van der Waals surface area contributed by atoms with Gasteiger partial charge in [0, 0.05) is 19.6 Å². The number of nitrogens with two attached hydrogens (primary N) is 1. The van der Waals surface area contributed by atoms with Crippen molar-refractivity contribution in [3.8, 4) is 0 Å². The summed E-state index contributed by atoms with van der Waals surface area (Å²) < 4.78 is 24.9. The van der Waals surface area contributed by atoms with Crippen LogP contribution in [-0.2, 0) is 10.0 Å². The Labute approximate surface area is 139 Å². The van der Waals surface area contributed by atoms with Gasteiger partial charge in [-0.1, -0.05) is 11.6 Å². The number of anilines is 2. The molecule has 0 unspecified atom stereocenters. The molecule has 1 saturated heterocycles. The van der Waals surface area contributed by atoms with Crippen molar-refractivity contribution in [1.29, 1.82) is 0 Å². The summed E-state index contributed by atoms with van der Waals surface area (Å²) in [5.41, 5.74) is 5.55. The highest BCUT2D eigenvalue weighted by Crippen LogP contribution is 2.40. The number of piperidine rings is 1. The lowest BCUT2D eigenvalue weighted by Crippen LogP contribution is -2.41. The highest BCUT2D eigenvalue weighted by molar-refractivity contribution is 7.88. The Bertz CT molecular complexity index is 712. The Balaban J connectivity index is 2.25. The zero-order chi connectivity index (χ0) is 17.2. The van der Waals surface area contributed by atoms with Crippen molar-refractivity contribution in [3.05, 3.63) is 21.3 Å². The van der Waals surface area contributed by atoms with E-state index in [4.69, 9.17) is 17.3 Å². The van der Waals surface area contributed by atoms with E-state index in [0.29, 0.717) is 13.1 Å². The number of aromatic nitrogens is 1.